The molecule has 0 amide bonds. The predicted octanol–water partition coefficient (Wildman–Crippen LogP) is 5.07. The molecule has 2 aromatic heterocycles. The molecule has 124 valence electrons. The van der Waals surface area contributed by atoms with Crippen LogP contribution in [0.25, 0.3) is 33.3 Å². The van der Waals surface area contributed by atoms with Crippen LogP contribution in [0.1, 0.15) is 5.56 Å². The van der Waals surface area contributed by atoms with E-state index in [1.165, 1.54) is 0 Å². The van der Waals surface area contributed by atoms with Gasteiger partial charge in [-0.05, 0) is 23.8 Å². The fourth-order valence-electron chi connectivity index (χ4n) is 2.94. The summed E-state index contributed by atoms with van der Waals surface area (Å²) in [7, 11) is 0. The second-order valence-electron chi connectivity index (χ2n) is 5.81. The van der Waals surface area contributed by atoms with Gasteiger partial charge >= 0.3 is 0 Å². The molecule has 2 aromatic carbocycles. The topological polar surface area (TPSA) is 75.6 Å². The lowest BCUT2D eigenvalue weighted by atomic mass is 9.98. The largest absolute Gasteiger partial charge is 0.383 e. The molecule has 26 heavy (non-hydrogen) atoms. The highest BCUT2D eigenvalue weighted by Gasteiger charge is 2.16. The van der Waals surface area contributed by atoms with Crippen molar-refractivity contribution in [2.75, 3.05) is 5.73 Å². The second kappa shape index (κ2) is 6.47. The van der Waals surface area contributed by atoms with Gasteiger partial charge in [0.2, 0.25) is 0 Å². The molecule has 2 N–H and O–H groups in total. The summed E-state index contributed by atoms with van der Waals surface area (Å²) in [6, 6.07) is 23.3. The predicted molar refractivity (Wildman–Crippen MR) is 105 cm³/mol. The van der Waals surface area contributed by atoms with Crippen molar-refractivity contribution < 1.29 is 0 Å². The fourth-order valence-corrected chi connectivity index (χ4v) is 3.18. The number of nitrogens with two attached hydrogens (primary N) is 1. The van der Waals surface area contributed by atoms with Crippen LogP contribution in [0.5, 0.6) is 0 Å². The van der Waals surface area contributed by atoms with Crippen LogP contribution in [-0.2, 0) is 0 Å². The van der Waals surface area contributed by atoms with Crippen LogP contribution in [0.3, 0.4) is 0 Å². The first-order valence-electron chi connectivity index (χ1n) is 7.99. The van der Waals surface area contributed by atoms with Crippen LogP contribution in [0.15, 0.2) is 66.7 Å². The van der Waals surface area contributed by atoms with Gasteiger partial charge in [0, 0.05) is 16.5 Å². The normalized spacial score (nSPS) is 10.6. The quantitative estimate of drug-likeness (QED) is 0.509. The second-order valence-corrected chi connectivity index (χ2v) is 6.17. The SMILES string of the molecule is N#Cc1c(-c2ccccc2)cc(-c2cc3ccccc3nc2Cl)nc1N. The highest BCUT2D eigenvalue weighted by molar-refractivity contribution is 6.32. The van der Waals surface area contributed by atoms with Crippen LogP contribution in [0.2, 0.25) is 5.15 Å². The first-order valence-corrected chi connectivity index (χ1v) is 8.37. The molecule has 0 aliphatic heterocycles. The Morgan fingerprint density at radius 2 is 1.62 bits per heavy atom. The minimum Gasteiger partial charge on any atom is -0.383 e. The summed E-state index contributed by atoms with van der Waals surface area (Å²) >= 11 is 6.41. The molecular weight excluding hydrogens is 344 g/mol. The standard InChI is InChI=1S/C21H13ClN4/c22-20-16(10-14-8-4-5-9-18(14)25-20)19-11-15(13-6-2-1-3-7-13)17(12-23)21(24)26-19/h1-11H,(H2,24,26). The number of halogens is 1. The number of aromatic nitrogens is 2. The number of benzene rings is 2. The Kier molecular flexibility index (Phi) is 4.00. The minimum absolute atomic E-state index is 0.174. The van der Waals surface area contributed by atoms with Gasteiger partial charge in [0.15, 0.2) is 0 Å². The first kappa shape index (κ1) is 16.1. The van der Waals surface area contributed by atoms with Crippen molar-refractivity contribution in [3.05, 3.63) is 77.4 Å². The number of rotatable bonds is 2. The van der Waals surface area contributed by atoms with Gasteiger partial charge in [0.1, 0.15) is 22.6 Å². The van der Waals surface area contributed by atoms with E-state index in [1.54, 1.807) is 0 Å². The van der Waals surface area contributed by atoms with Crippen molar-refractivity contribution in [3.63, 3.8) is 0 Å². The molecule has 0 saturated carbocycles. The summed E-state index contributed by atoms with van der Waals surface area (Å²) in [5, 5.41) is 10.8. The Bertz CT molecular complexity index is 1160. The average molecular weight is 357 g/mol. The molecule has 0 aliphatic carbocycles. The van der Waals surface area contributed by atoms with Crippen LogP contribution >= 0.6 is 11.6 Å². The summed E-state index contributed by atoms with van der Waals surface area (Å²) in [6.45, 7) is 0. The maximum absolute atomic E-state index is 9.51. The van der Waals surface area contributed by atoms with Crippen LogP contribution < -0.4 is 5.73 Å². The van der Waals surface area contributed by atoms with E-state index in [1.807, 2.05) is 66.7 Å². The molecule has 0 aliphatic rings. The number of hydrogen-bond acceptors (Lipinski definition) is 4. The molecule has 0 fully saturated rings. The van der Waals surface area contributed by atoms with Gasteiger partial charge in [0.05, 0.1) is 11.2 Å². The molecule has 0 unspecified atom stereocenters. The van der Waals surface area contributed by atoms with E-state index in [2.05, 4.69) is 16.0 Å². The molecule has 0 radical (unpaired) electrons. The molecule has 4 aromatic rings. The van der Waals surface area contributed by atoms with Crippen molar-refractivity contribution >= 4 is 28.3 Å². The molecule has 4 nitrogen and oxygen atoms in total. The lowest BCUT2D eigenvalue weighted by Crippen LogP contribution is -2.00. The van der Waals surface area contributed by atoms with Crippen LogP contribution in [-0.4, -0.2) is 9.97 Å². The number of hydrogen-bond donors (Lipinski definition) is 1. The van der Waals surface area contributed by atoms with E-state index < -0.39 is 0 Å². The smallest absolute Gasteiger partial charge is 0.142 e. The fraction of sp³-hybridized carbons (Fsp3) is 0. The molecule has 0 atom stereocenters. The van der Waals surface area contributed by atoms with E-state index in [9.17, 15) is 5.26 Å². The molecule has 0 spiro atoms. The third kappa shape index (κ3) is 2.75. The highest BCUT2D eigenvalue weighted by Crippen LogP contribution is 2.34. The number of nitrogens with zero attached hydrogens (tertiary/aromatic N) is 3. The van der Waals surface area contributed by atoms with Crippen LogP contribution in [0.4, 0.5) is 5.82 Å². The van der Waals surface area contributed by atoms with E-state index in [0.29, 0.717) is 22.0 Å². The summed E-state index contributed by atoms with van der Waals surface area (Å²) in [4.78, 5) is 8.85. The third-order valence-corrected chi connectivity index (χ3v) is 4.49. The summed E-state index contributed by atoms with van der Waals surface area (Å²) in [5.74, 6) is 0.174. The molecule has 4 rings (SSSR count). The number of nitriles is 1. The first-order chi connectivity index (χ1) is 12.7. The minimum atomic E-state index is 0.174. The number of nitrogen functional groups attached to an aromatic ring is 1. The number of anilines is 1. The monoisotopic (exact) mass is 356 g/mol. The lowest BCUT2D eigenvalue weighted by Gasteiger charge is -2.11. The molecule has 2 heterocycles. The Morgan fingerprint density at radius 1 is 0.885 bits per heavy atom. The van der Waals surface area contributed by atoms with E-state index in [0.717, 1.165) is 22.0 Å². The molecule has 0 saturated heterocycles. The van der Waals surface area contributed by atoms with Gasteiger partial charge in [-0.1, -0.05) is 60.1 Å². The summed E-state index contributed by atoms with van der Waals surface area (Å²) < 4.78 is 0. The van der Waals surface area contributed by atoms with Crippen molar-refractivity contribution in [3.8, 4) is 28.5 Å². The zero-order chi connectivity index (χ0) is 18.1. The number of pyridine rings is 2. The lowest BCUT2D eigenvalue weighted by molar-refractivity contribution is 1.29. The Morgan fingerprint density at radius 3 is 2.38 bits per heavy atom. The van der Waals surface area contributed by atoms with Gasteiger partial charge in [-0.2, -0.15) is 5.26 Å². The number of fused-ring (bicyclic) bond motifs is 1. The number of para-hydroxylation sites is 1. The molecule has 5 heteroatoms. The zero-order valence-corrected chi connectivity index (χ0v) is 14.4. The van der Waals surface area contributed by atoms with Crippen molar-refractivity contribution in [1.29, 1.82) is 5.26 Å². The summed E-state index contributed by atoms with van der Waals surface area (Å²) in [6.07, 6.45) is 0. The highest BCUT2D eigenvalue weighted by atomic mass is 35.5. The molecule has 0 bridgehead atoms. The van der Waals surface area contributed by atoms with Crippen molar-refractivity contribution in [1.82, 2.24) is 9.97 Å². The van der Waals surface area contributed by atoms with E-state index >= 15 is 0 Å². The Labute approximate surface area is 155 Å². The van der Waals surface area contributed by atoms with Crippen molar-refractivity contribution in [2.24, 2.45) is 0 Å². The third-order valence-electron chi connectivity index (χ3n) is 4.20. The maximum atomic E-state index is 9.51. The van der Waals surface area contributed by atoms with Gasteiger partial charge in [-0.25, -0.2) is 9.97 Å². The summed E-state index contributed by atoms with van der Waals surface area (Å²) in [5.41, 5.74) is 10.1. The van der Waals surface area contributed by atoms with E-state index in [-0.39, 0.29) is 5.82 Å². The maximum Gasteiger partial charge on any atom is 0.142 e. The Balaban J connectivity index is 1.98. The van der Waals surface area contributed by atoms with Crippen LogP contribution in [0, 0.1) is 11.3 Å². The zero-order valence-electron chi connectivity index (χ0n) is 13.6. The van der Waals surface area contributed by atoms with Crippen molar-refractivity contribution in [2.45, 2.75) is 0 Å². The van der Waals surface area contributed by atoms with Gasteiger partial charge < -0.3 is 5.73 Å². The van der Waals surface area contributed by atoms with Gasteiger partial charge in [0.25, 0.3) is 0 Å². The van der Waals surface area contributed by atoms with E-state index in [4.69, 9.17) is 17.3 Å². The average Bonchev–Trinajstić information content (AvgIpc) is 2.67. The molecular formula is C21H13ClN4. The Hall–Kier alpha value is -3.42. The van der Waals surface area contributed by atoms with Gasteiger partial charge in [-0.15, -0.1) is 0 Å². The van der Waals surface area contributed by atoms with Gasteiger partial charge in [-0.3, -0.25) is 0 Å².